The molecule has 1 unspecified atom stereocenters. The van der Waals surface area contributed by atoms with E-state index in [1.54, 1.807) is 0 Å². The summed E-state index contributed by atoms with van der Waals surface area (Å²) in [4.78, 5) is 4.39. The van der Waals surface area contributed by atoms with Gasteiger partial charge in [-0.15, -0.1) is 12.4 Å². The number of nitrogens with one attached hydrogen (secondary N) is 1. The van der Waals surface area contributed by atoms with Crippen molar-refractivity contribution in [2.24, 2.45) is 0 Å². The molecule has 1 aliphatic rings. The number of rotatable bonds is 3. The van der Waals surface area contributed by atoms with Crippen LogP contribution >= 0.6 is 24.0 Å². The van der Waals surface area contributed by atoms with E-state index in [9.17, 15) is 0 Å². The van der Waals surface area contributed by atoms with E-state index >= 15 is 0 Å². The average Bonchev–Trinajstić information content (AvgIpc) is 2.91. The number of aromatic nitrogens is 2. The number of halogens is 2. The van der Waals surface area contributed by atoms with E-state index in [2.05, 4.69) is 15.5 Å². The maximum Gasteiger partial charge on any atom is 0.246 e. The van der Waals surface area contributed by atoms with Crippen LogP contribution in [0.2, 0.25) is 5.02 Å². The van der Waals surface area contributed by atoms with Crippen molar-refractivity contribution in [3.8, 4) is 0 Å². The monoisotopic (exact) mass is 315 g/mol. The second-order valence-electron chi connectivity index (χ2n) is 4.40. The Kier molecular flexibility index (Phi) is 5.37. The standard InChI is InChI=1S/C13H14ClN3O2.ClH/c14-10-4-2-1-3-9(10)7-12-16-13(19-17-12)11-8-18-6-5-15-11;/h1-4,11,15H,5-8H2;1H. The number of hydrogen-bond donors (Lipinski definition) is 1. The first-order chi connectivity index (χ1) is 9.33. The van der Waals surface area contributed by atoms with Gasteiger partial charge in [-0.25, -0.2) is 0 Å². The van der Waals surface area contributed by atoms with Crippen molar-refractivity contribution in [1.29, 1.82) is 0 Å². The maximum atomic E-state index is 6.11. The molecule has 7 heteroatoms. The van der Waals surface area contributed by atoms with Crippen LogP contribution in [0.4, 0.5) is 0 Å². The van der Waals surface area contributed by atoms with Crippen molar-refractivity contribution in [3.05, 3.63) is 46.6 Å². The second-order valence-corrected chi connectivity index (χ2v) is 4.81. The van der Waals surface area contributed by atoms with Crippen molar-refractivity contribution >= 4 is 24.0 Å². The van der Waals surface area contributed by atoms with E-state index in [-0.39, 0.29) is 18.4 Å². The van der Waals surface area contributed by atoms with Crippen LogP contribution < -0.4 is 5.32 Å². The summed E-state index contributed by atoms with van der Waals surface area (Å²) in [5.74, 6) is 1.21. The Balaban J connectivity index is 0.00000147. The van der Waals surface area contributed by atoms with Crippen LogP contribution in [0.15, 0.2) is 28.8 Å². The minimum absolute atomic E-state index is 0. The van der Waals surface area contributed by atoms with Crippen LogP contribution in [0.3, 0.4) is 0 Å². The first-order valence-electron chi connectivity index (χ1n) is 6.20. The summed E-state index contributed by atoms with van der Waals surface area (Å²) in [6.07, 6.45) is 0.566. The molecule has 0 spiro atoms. The summed E-state index contributed by atoms with van der Waals surface area (Å²) < 4.78 is 10.6. The molecule has 0 radical (unpaired) electrons. The highest BCUT2D eigenvalue weighted by atomic mass is 35.5. The van der Waals surface area contributed by atoms with Gasteiger partial charge >= 0.3 is 0 Å². The molecule has 0 saturated carbocycles. The van der Waals surface area contributed by atoms with Crippen molar-refractivity contribution < 1.29 is 9.26 Å². The number of ether oxygens (including phenoxy) is 1. The number of benzene rings is 1. The highest BCUT2D eigenvalue weighted by Gasteiger charge is 2.21. The summed E-state index contributed by atoms with van der Waals surface area (Å²) in [6, 6.07) is 7.64. The summed E-state index contributed by atoms with van der Waals surface area (Å²) >= 11 is 6.11. The molecule has 0 bridgehead atoms. The normalized spacial score (nSPS) is 18.6. The fourth-order valence-electron chi connectivity index (χ4n) is 2.02. The van der Waals surface area contributed by atoms with E-state index in [0.717, 1.165) is 18.7 Å². The number of nitrogens with zero attached hydrogens (tertiary/aromatic N) is 2. The highest BCUT2D eigenvalue weighted by molar-refractivity contribution is 6.31. The Bertz CT molecular complexity index is 556. The molecule has 1 atom stereocenters. The van der Waals surface area contributed by atoms with E-state index in [0.29, 0.717) is 29.8 Å². The fourth-order valence-corrected chi connectivity index (χ4v) is 2.22. The van der Waals surface area contributed by atoms with Crippen molar-refractivity contribution in [2.75, 3.05) is 19.8 Å². The fraction of sp³-hybridized carbons (Fsp3) is 0.385. The first-order valence-corrected chi connectivity index (χ1v) is 6.58. The van der Waals surface area contributed by atoms with E-state index < -0.39 is 0 Å². The third kappa shape index (κ3) is 3.49. The highest BCUT2D eigenvalue weighted by Crippen LogP contribution is 2.19. The molecule has 5 nitrogen and oxygen atoms in total. The van der Waals surface area contributed by atoms with Gasteiger partial charge in [-0.1, -0.05) is 35.0 Å². The van der Waals surface area contributed by atoms with Gasteiger partial charge in [0.15, 0.2) is 5.82 Å². The van der Waals surface area contributed by atoms with Crippen molar-refractivity contribution in [2.45, 2.75) is 12.5 Å². The number of hydrogen-bond acceptors (Lipinski definition) is 5. The van der Waals surface area contributed by atoms with E-state index in [1.807, 2.05) is 24.3 Å². The van der Waals surface area contributed by atoms with Crippen LogP contribution in [0, 0.1) is 0 Å². The number of morpholine rings is 1. The molecule has 2 heterocycles. The van der Waals surface area contributed by atoms with Gasteiger partial charge in [0.05, 0.1) is 13.2 Å². The smallest absolute Gasteiger partial charge is 0.246 e. The molecule has 1 N–H and O–H groups in total. The molecule has 1 aromatic heterocycles. The quantitative estimate of drug-likeness (QED) is 0.942. The van der Waals surface area contributed by atoms with Gasteiger partial charge < -0.3 is 14.6 Å². The molecule has 1 saturated heterocycles. The summed E-state index contributed by atoms with van der Waals surface area (Å²) in [5, 5.41) is 7.98. The second kappa shape index (κ2) is 7.04. The third-order valence-electron chi connectivity index (χ3n) is 3.01. The summed E-state index contributed by atoms with van der Waals surface area (Å²) in [5.41, 5.74) is 0.990. The van der Waals surface area contributed by atoms with Crippen molar-refractivity contribution in [1.82, 2.24) is 15.5 Å². The first kappa shape index (κ1) is 15.3. The van der Waals surface area contributed by atoms with Crippen LogP contribution in [0.25, 0.3) is 0 Å². The molecule has 1 aromatic carbocycles. The molecule has 2 aromatic rings. The van der Waals surface area contributed by atoms with Crippen LogP contribution in [-0.2, 0) is 11.2 Å². The predicted molar refractivity (Wildman–Crippen MR) is 77.4 cm³/mol. The zero-order valence-corrected chi connectivity index (χ0v) is 12.3. The van der Waals surface area contributed by atoms with Gasteiger partial charge in [0.2, 0.25) is 5.89 Å². The maximum absolute atomic E-state index is 6.11. The Hall–Kier alpha value is -1.14. The van der Waals surface area contributed by atoms with Crippen LogP contribution in [0.1, 0.15) is 23.3 Å². The minimum atomic E-state index is -0.0127. The molecular weight excluding hydrogens is 301 g/mol. The molecule has 1 aliphatic heterocycles. The van der Waals surface area contributed by atoms with Crippen LogP contribution in [0.5, 0.6) is 0 Å². The molecule has 20 heavy (non-hydrogen) atoms. The zero-order valence-electron chi connectivity index (χ0n) is 10.7. The van der Waals surface area contributed by atoms with Crippen molar-refractivity contribution in [3.63, 3.8) is 0 Å². The third-order valence-corrected chi connectivity index (χ3v) is 3.38. The van der Waals surface area contributed by atoms with Gasteiger partial charge in [-0.05, 0) is 11.6 Å². The minimum Gasteiger partial charge on any atom is -0.378 e. The largest absolute Gasteiger partial charge is 0.378 e. The molecule has 108 valence electrons. The Morgan fingerprint density at radius 2 is 2.20 bits per heavy atom. The van der Waals surface area contributed by atoms with E-state index in [1.165, 1.54) is 0 Å². The topological polar surface area (TPSA) is 60.2 Å². The predicted octanol–water partition coefficient (Wildman–Crippen LogP) is 2.40. The van der Waals surface area contributed by atoms with Gasteiger partial charge in [0.1, 0.15) is 6.04 Å². The summed E-state index contributed by atoms with van der Waals surface area (Å²) in [6.45, 7) is 2.08. The van der Waals surface area contributed by atoms with Gasteiger partial charge in [0.25, 0.3) is 0 Å². The Morgan fingerprint density at radius 3 is 2.95 bits per heavy atom. The Labute approximate surface area is 128 Å². The SMILES string of the molecule is Cl.Clc1ccccc1Cc1noc(C2COCCN2)n1. The molecule has 0 aliphatic carbocycles. The Morgan fingerprint density at radius 1 is 1.35 bits per heavy atom. The van der Waals surface area contributed by atoms with Gasteiger partial charge in [-0.2, -0.15) is 4.98 Å². The molecular formula is C13H15Cl2N3O2. The zero-order chi connectivity index (χ0) is 13.1. The lowest BCUT2D eigenvalue weighted by Gasteiger charge is -2.20. The average molecular weight is 316 g/mol. The van der Waals surface area contributed by atoms with Crippen LogP contribution in [-0.4, -0.2) is 29.9 Å². The van der Waals surface area contributed by atoms with Gasteiger partial charge in [0, 0.05) is 18.0 Å². The van der Waals surface area contributed by atoms with E-state index in [4.69, 9.17) is 20.9 Å². The molecule has 0 amide bonds. The molecule has 1 fully saturated rings. The lowest BCUT2D eigenvalue weighted by Crippen LogP contribution is -2.34. The summed E-state index contributed by atoms with van der Waals surface area (Å²) in [7, 11) is 0. The van der Waals surface area contributed by atoms with Gasteiger partial charge in [-0.3, -0.25) is 0 Å². The lowest BCUT2D eigenvalue weighted by molar-refractivity contribution is 0.0659. The lowest BCUT2D eigenvalue weighted by atomic mass is 10.1. The molecule has 3 rings (SSSR count).